The first-order valence-electron chi connectivity index (χ1n) is 8.88. The second kappa shape index (κ2) is 7.25. The summed E-state index contributed by atoms with van der Waals surface area (Å²) in [4.78, 5) is 38.3. The molecule has 25 heavy (non-hydrogen) atoms. The molecule has 0 radical (unpaired) electrons. The number of anilines is 1. The van der Waals surface area contributed by atoms with E-state index in [2.05, 4.69) is 5.32 Å². The van der Waals surface area contributed by atoms with Crippen LogP contribution in [0.2, 0.25) is 0 Å². The first-order chi connectivity index (χ1) is 12.0. The Bertz CT molecular complexity index is 684. The maximum atomic E-state index is 12.4. The van der Waals surface area contributed by atoms with Crippen molar-refractivity contribution in [1.82, 2.24) is 5.32 Å². The Morgan fingerprint density at radius 1 is 1.32 bits per heavy atom. The average Bonchev–Trinajstić information content (AvgIpc) is 3.33. The summed E-state index contributed by atoms with van der Waals surface area (Å²) in [5, 5.41) is 2.81. The Labute approximate surface area is 147 Å². The van der Waals surface area contributed by atoms with Crippen LogP contribution < -0.4 is 10.2 Å². The van der Waals surface area contributed by atoms with E-state index in [1.165, 1.54) is 0 Å². The summed E-state index contributed by atoms with van der Waals surface area (Å²) < 4.78 is 5.28. The molecule has 2 amide bonds. The highest BCUT2D eigenvalue weighted by Gasteiger charge is 2.38. The van der Waals surface area contributed by atoms with Crippen LogP contribution in [0.4, 0.5) is 5.69 Å². The van der Waals surface area contributed by atoms with Gasteiger partial charge in [-0.2, -0.15) is 0 Å². The Hall–Kier alpha value is -2.37. The first-order valence-corrected chi connectivity index (χ1v) is 8.88. The fraction of sp³-hybridized carbons (Fsp3) is 0.526. The topological polar surface area (TPSA) is 75.7 Å². The lowest BCUT2D eigenvalue weighted by Crippen LogP contribution is -2.38. The minimum atomic E-state index is -0.833. The van der Waals surface area contributed by atoms with Crippen molar-refractivity contribution in [2.24, 2.45) is 5.92 Å². The quantitative estimate of drug-likeness (QED) is 0.799. The van der Waals surface area contributed by atoms with Crippen molar-refractivity contribution >= 4 is 23.5 Å². The summed E-state index contributed by atoms with van der Waals surface area (Å²) in [7, 11) is 0. The molecule has 0 bridgehead atoms. The van der Waals surface area contributed by atoms with Crippen LogP contribution in [-0.2, 0) is 25.5 Å². The molecule has 1 heterocycles. The minimum Gasteiger partial charge on any atom is -0.452 e. The van der Waals surface area contributed by atoms with Gasteiger partial charge in [0.1, 0.15) is 0 Å². The third kappa shape index (κ3) is 4.00. The van der Waals surface area contributed by atoms with Gasteiger partial charge in [-0.3, -0.25) is 14.4 Å². The van der Waals surface area contributed by atoms with Gasteiger partial charge < -0.3 is 15.0 Å². The van der Waals surface area contributed by atoms with Crippen molar-refractivity contribution in [2.75, 3.05) is 11.4 Å². The lowest BCUT2D eigenvalue weighted by Gasteiger charge is -2.20. The van der Waals surface area contributed by atoms with E-state index in [0.29, 0.717) is 6.54 Å². The number of amides is 2. The van der Waals surface area contributed by atoms with E-state index in [1.54, 1.807) is 11.8 Å². The molecule has 2 atom stereocenters. The van der Waals surface area contributed by atoms with Gasteiger partial charge >= 0.3 is 5.97 Å². The molecule has 0 aromatic heterocycles. The second-order valence-electron chi connectivity index (χ2n) is 6.75. The van der Waals surface area contributed by atoms with Gasteiger partial charge in [0, 0.05) is 24.7 Å². The van der Waals surface area contributed by atoms with E-state index in [9.17, 15) is 14.4 Å². The lowest BCUT2D eigenvalue weighted by molar-refractivity contribution is -0.158. The van der Waals surface area contributed by atoms with E-state index in [1.807, 2.05) is 31.2 Å². The molecule has 0 unspecified atom stereocenters. The third-order valence-corrected chi connectivity index (χ3v) is 4.71. The molecular formula is C19H24N2O4. The summed E-state index contributed by atoms with van der Waals surface area (Å²) in [6.45, 7) is 3.90. The van der Waals surface area contributed by atoms with Crippen LogP contribution in [0.5, 0.6) is 0 Å². The number of nitrogens with one attached hydrogen (secondary N) is 1. The molecule has 1 aliphatic heterocycles. The lowest BCUT2D eigenvalue weighted by atomic mass is 10.1. The normalized spacial score (nSPS) is 21.1. The zero-order chi connectivity index (χ0) is 18.0. The van der Waals surface area contributed by atoms with Gasteiger partial charge in [-0.05, 0) is 37.8 Å². The van der Waals surface area contributed by atoms with Crippen LogP contribution in [0.3, 0.4) is 0 Å². The monoisotopic (exact) mass is 344 g/mol. The Balaban J connectivity index is 1.61. The van der Waals surface area contributed by atoms with Crippen molar-refractivity contribution in [3.63, 3.8) is 0 Å². The molecule has 1 N–H and O–H groups in total. The number of hydrogen-bond acceptors (Lipinski definition) is 4. The summed E-state index contributed by atoms with van der Waals surface area (Å²) >= 11 is 0. The van der Waals surface area contributed by atoms with Crippen LogP contribution >= 0.6 is 0 Å². The zero-order valence-corrected chi connectivity index (χ0v) is 14.7. The Morgan fingerprint density at radius 3 is 2.72 bits per heavy atom. The Kier molecular flexibility index (Phi) is 5.06. The molecule has 1 saturated heterocycles. The number of aryl methyl sites for hydroxylation is 1. The van der Waals surface area contributed by atoms with Crippen LogP contribution in [0, 0.1) is 5.92 Å². The second-order valence-corrected chi connectivity index (χ2v) is 6.75. The van der Waals surface area contributed by atoms with Crippen LogP contribution in [-0.4, -0.2) is 36.5 Å². The number of esters is 1. The highest BCUT2D eigenvalue weighted by Crippen LogP contribution is 2.29. The maximum absolute atomic E-state index is 12.4. The largest absolute Gasteiger partial charge is 0.452 e. The molecule has 1 saturated carbocycles. The SMILES string of the molecule is CCc1ccccc1N1C[C@@H](C(=O)O[C@H](C)C(=O)NC2CC2)CC1=O. The molecule has 1 aliphatic carbocycles. The van der Waals surface area contributed by atoms with E-state index >= 15 is 0 Å². The molecule has 0 spiro atoms. The van der Waals surface area contributed by atoms with Crippen LogP contribution in [0.15, 0.2) is 24.3 Å². The number of para-hydroxylation sites is 1. The number of carbonyl (C=O) groups is 3. The van der Waals surface area contributed by atoms with Crippen molar-refractivity contribution in [1.29, 1.82) is 0 Å². The molecule has 6 heteroatoms. The highest BCUT2D eigenvalue weighted by atomic mass is 16.5. The first kappa shape index (κ1) is 17.5. The van der Waals surface area contributed by atoms with Crippen molar-refractivity contribution in [3.8, 4) is 0 Å². The summed E-state index contributed by atoms with van der Waals surface area (Å²) in [6, 6.07) is 7.93. The van der Waals surface area contributed by atoms with E-state index in [0.717, 1.165) is 30.5 Å². The van der Waals surface area contributed by atoms with Gasteiger partial charge in [0.05, 0.1) is 5.92 Å². The summed E-state index contributed by atoms with van der Waals surface area (Å²) in [5.41, 5.74) is 1.92. The predicted molar refractivity (Wildman–Crippen MR) is 93.0 cm³/mol. The average molecular weight is 344 g/mol. The maximum Gasteiger partial charge on any atom is 0.312 e. The van der Waals surface area contributed by atoms with Crippen molar-refractivity contribution in [3.05, 3.63) is 29.8 Å². The number of nitrogens with zero attached hydrogens (tertiary/aromatic N) is 1. The molecule has 2 aliphatic rings. The summed E-state index contributed by atoms with van der Waals surface area (Å²) in [5.74, 6) is -1.37. The van der Waals surface area contributed by atoms with Crippen molar-refractivity contribution < 1.29 is 19.1 Å². The third-order valence-electron chi connectivity index (χ3n) is 4.71. The van der Waals surface area contributed by atoms with Crippen LogP contribution in [0.1, 0.15) is 38.7 Å². The van der Waals surface area contributed by atoms with Gasteiger partial charge in [-0.15, -0.1) is 0 Å². The highest BCUT2D eigenvalue weighted by molar-refractivity contribution is 6.00. The number of carbonyl (C=O) groups excluding carboxylic acids is 3. The smallest absolute Gasteiger partial charge is 0.312 e. The van der Waals surface area contributed by atoms with Gasteiger partial charge in [0.2, 0.25) is 5.91 Å². The fourth-order valence-corrected chi connectivity index (χ4v) is 3.04. The van der Waals surface area contributed by atoms with Gasteiger partial charge in [0.15, 0.2) is 6.10 Å². The molecule has 1 aromatic rings. The molecular weight excluding hydrogens is 320 g/mol. The molecule has 134 valence electrons. The number of rotatable bonds is 6. The van der Waals surface area contributed by atoms with Crippen molar-refractivity contribution in [2.45, 2.75) is 51.7 Å². The van der Waals surface area contributed by atoms with Gasteiger partial charge in [-0.25, -0.2) is 0 Å². The molecule has 6 nitrogen and oxygen atoms in total. The number of ether oxygens (including phenoxy) is 1. The van der Waals surface area contributed by atoms with Gasteiger partial charge in [-0.1, -0.05) is 25.1 Å². The summed E-state index contributed by atoms with van der Waals surface area (Å²) in [6.07, 6.45) is 2.06. The predicted octanol–water partition coefficient (Wildman–Crippen LogP) is 1.81. The van der Waals surface area contributed by atoms with Gasteiger partial charge in [0.25, 0.3) is 5.91 Å². The minimum absolute atomic E-state index is 0.0852. The Morgan fingerprint density at radius 2 is 2.04 bits per heavy atom. The number of hydrogen-bond donors (Lipinski definition) is 1. The zero-order valence-electron chi connectivity index (χ0n) is 14.7. The molecule has 3 rings (SSSR count). The fourth-order valence-electron chi connectivity index (χ4n) is 3.04. The standard InChI is InChI=1S/C19H24N2O4/c1-3-13-6-4-5-7-16(13)21-11-14(10-17(21)22)19(24)25-12(2)18(23)20-15-8-9-15/h4-7,12,14-15H,3,8-11H2,1-2H3,(H,20,23)/t12-,14+/m1/s1. The van der Waals surface area contributed by atoms with E-state index in [4.69, 9.17) is 4.74 Å². The molecule has 2 fully saturated rings. The van der Waals surface area contributed by atoms with Crippen LogP contribution in [0.25, 0.3) is 0 Å². The molecule has 1 aromatic carbocycles. The van der Waals surface area contributed by atoms with E-state index < -0.39 is 18.0 Å². The number of benzene rings is 1. The van der Waals surface area contributed by atoms with E-state index in [-0.39, 0.29) is 24.3 Å².